The maximum atomic E-state index is 12.6. The highest BCUT2D eigenvalue weighted by Gasteiger charge is 2.37. The fourth-order valence-corrected chi connectivity index (χ4v) is 4.14. The molecule has 3 atom stereocenters. The molecule has 3 saturated heterocycles. The van der Waals surface area contributed by atoms with Crippen LogP contribution in [0.1, 0.15) is 38.5 Å². The Morgan fingerprint density at radius 3 is 2.70 bits per heavy atom. The molecule has 0 aromatic carbocycles. The number of hydrogen-bond donors (Lipinski definition) is 1. The van der Waals surface area contributed by atoms with Crippen molar-refractivity contribution in [2.75, 3.05) is 33.2 Å². The van der Waals surface area contributed by atoms with Gasteiger partial charge >= 0.3 is 0 Å². The number of carbonyl (C=O) groups excluding carboxylic acids is 1. The molecule has 0 bridgehead atoms. The topological polar surface area (TPSA) is 35.6 Å². The molecule has 3 aliphatic rings. The van der Waals surface area contributed by atoms with Crippen LogP contribution in [-0.2, 0) is 4.79 Å². The van der Waals surface area contributed by atoms with Gasteiger partial charge in [-0.05, 0) is 58.2 Å². The van der Waals surface area contributed by atoms with Gasteiger partial charge in [0.05, 0.1) is 6.04 Å². The Bertz CT molecular complexity index is 333. The van der Waals surface area contributed by atoms with Crippen molar-refractivity contribution in [1.29, 1.82) is 0 Å². The van der Waals surface area contributed by atoms with E-state index in [0.717, 1.165) is 32.1 Å². The molecule has 3 fully saturated rings. The van der Waals surface area contributed by atoms with Crippen LogP contribution in [0.15, 0.2) is 0 Å². The van der Waals surface area contributed by atoms with Gasteiger partial charge in [0.25, 0.3) is 0 Å². The minimum absolute atomic E-state index is 0. The third kappa shape index (κ3) is 3.29. The number of likely N-dealkylation sites (tertiary alicyclic amines) is 2. The van der Waals surface area contributed by atoms with Crippen LogP contribution in [0.4, 0.5) is 0 Å². The molecule has 1 N–H and O–H groups in total. The number of rotatable bonds is 1. The van der Waals surface area contributed by atoms with E-state index in [9.17, 15) is 4.79 Å². The van der Waals surface area contributed by atoms with E-state index in [1.165, 1.54) is 38.6 Å². The molecule has 0 radical (unpaired) electrons. The van der Waals surface area contributed by atoms with Crippen LogP contribution in [0.25, 0.3) is 0 Å². The van der Waals surface area contributed by atoms with E-state index in [-0.39, 0.29) is 18.4 Å². The third-order valence-corrected chi connectivity index (χ3v) is 5.27. The number of nitrogens with one attached hydrogen (secondary N) is 1. The van der Waals surface area contributed by atoms with Crippen molar-refractivity contribution in [3.63, 3.8) is 0 Å². The molecule has 1 amide bonds. The molecule has 116 valence electrons. The molecule has 3 heterocycles. The zero-order valence-electron chi connectivity index (χ0n) is 12.5. The molecule has 0 aromatic rings. The normalized spacial score (nSPS) is 35.0. The molecule has 20 heavy (non-hydrogen) atoms. The standard InChI is InChI=1S/C15H27N3O.ClH/c1-17-9-4-5-12-11-18(10-7-14(12)17)15(19)13-6-2-3-8-16-13;/h12-14,16H,2-11H2,1H3;1H. The first-order valence-electron chi connectivity index (χ1n) is 7.98. The number of fused-ring (bicyclic) bond motifs is 1. The molecule has 0 aliphatic carbocycles. The molecular weight excluding hydrogens is 274 g/mol. The number of hydrogen-bond acceptors (Lipinski definition) is 3. The van der Waals surface area contributed by atoms with E-state index in [1.807, 2.05) is 0 Å². The number of amides is 1. The molecule has 4 nitrogen and oxygen atoms in total. The number of piperidine rings is 3. The summed E-state index contributed by atoms with van der Waals surface area (Å²) in [5.41, 5.74) is 0. The van der Waals surface area contributed by atoms with E-state index in [0.29, 0.717) is 11.8 Å². The summed E-state index contributed by atoms with van der Waals surface area (Å²) in [5, 5.41) is 3.40. The van der Waals surface area contributed by atoms with Crippen molar-refractivity contribution >= 4 is 18.3 Å². The van der Waals surface area contributed by atoms with Gasteiger partial charge in [0.1, 0.15) is 0 Å². The number of halogens is 1. The maximum Gasteiger partial charge on any atom is 0.239 e. The second-order valence-corrected chi connectivity index (χ2v) is 6.53. The van der Waals surface area contributed by atoms with E-state index in [2.05, 4.69) is 22.2 Å². The number of nitrogens with zero attached hydrogens (tertiary/aromatic N) is 2. The van der Waals surface area contributed by atoms with Gasteiger partial charge in [-0.15, -0.1) is 12.4 Å². The molecule has 0 saturated carbocycles. The lowest BCUT2D eigenvalue weighted by atomic mass is 9.84. The summed E-state index contributed by atoms with van der Waals surface area (Å²) in [6, 6.07) is 0.823. The van der Waals surface area contributed by atoms with Crippen molar-refractivity contribution < 1.29 is 4.79 Å². The van der Waals surface area contributed by atoms with Crippen LogP contribution in [0.5, 0.6) is 0 Å². The van der Waals surface area contributed by atoms with Gasteiger partial charge in [-0.1, -0.05) is 6.42 Å². The summed E-state index contributed by atoms with van der Waals surface area (Å²) in [6.45, 7) is 4.20. The summed E-state index contributed by atoms with van der Waals surface area (Å²) in [7, 11) is 2.25. The second-order valence-electron chi connectivity index (χ2n) is 6.53. The van der Waals surface area contributed by atoms with E-state index in [1.54, 1.807) is 0 Å². The largest absolute Gasteiger partial charge is 0.341 e. The molecular formula is C15H28ClN3O. The first kappa shape index (κ1) is 16.1. The van der Waals surface area contributed by atoms with Gasteiger partial charge in [-0.25, -0.2) is 0 Å². The molecule has 0 aromatic heterocycles. The van der Waals surface area contributed by atoms with E-state index >= 15 is 0 Å². The van der Waals surface area contributed by atoms with Crippen LogP contribution < -0.4 is 5.32 Å². The van der Waals surface area contributed by atoms with Gasteiger partial charge in [-0.3, -0.25) is 4.79 Å². The minimum atomic E-state index is 0. The molecule has 3 rings (SSSR count). The zero-order valence-corrected chi connectivity index (χ0v) is 13.3. The lowest BCUT2D eigenvalue weighted by Gasteiger charge is -2.46. The average Bonchev–Trinajstić information content (AvgIpc) is 2.47. The lowest BCUT2D eigenvalue weighted by Crippen LogP contribution is -2.57. The first-order chi connectivity index (χ1) is 9.25. The average molecular weight is 302 g/mol. The molecule has 3 aliphatic heterocycles. The summed E-state index contributed by atoms with van der Waals surface area (Å²) >= 11 is 0. The van der Waals surface area contributed by atoms with Crippen LogP contribution in [0.2, 0.25) is 0 Å². The third-order valence-electron chi connectivity index (χ3n) is 5.27. The zero-order chi connectivity index (χ0) is 13.2. The van der Waals surface area contributed by atoms with E-state index in [4.69, 9.17) is 0 Å². The minimum Gasteiger partial charge on any atom is -0.341 e. The fraction of sp³-hybridized carbons (Fsp3) is 0.933. The van der Waals surface area contributed by atoms with Crippen LogP contribution in [0, 0.1) is 5.92 Å². The SMILES string of the molecule is CN1CCCC2CN(C(=O)C3CCCCN3)CCC21.Cl. The fourth-order valence-electron chi connectivity index (χ4n) is 4.14. The highest BCUT2D eigenvalue weighted by molar-refractivity contribution is 5.85. The molecule has 3 unspecified atom stereocenters. The van der Waals surface area contributed by atoms with Gasteiger partial charge < -0.3 is 15.1 Å². The molecule has 0 spiro atoms. The highest BCUT2D eigenvalue weighted by Crippen LogP contribution is 2.30. The van der Waals surface area contributed by atoms with Crippen molar-refractivity contribution in [3.8, 4) is 0 Å². The predicted molar refractivity (Wildman–Crippen MR) is 83.2 cm³/mol. The Labute approximate surface area is 128 Å². The number of carbonyl (C=O) groups is 1. The van der Waals surface area contributed by atoms with Crippen molar-refractivity contribution in [2.45, 2.75) is 50.6 Å². The van der Waals surface area contributed by atoms with Crippen molar-refractivity contribution in [1.82, 2.24) is 15.1 Å². The first-order valence-corrected chi connectivity index (χ1v) is 7.98. The lowest BCUT2D eigenvalue weighted by molar-refractivity contribution is -0.137. The van der Waals surface area contributed by atoms with Crippen LogP contribution >= 0.6 is 12.4 Å². The Morgan fingerprint density at radius 1 is 1.10 bits per heavy atom. The van der Waals surface area contributed by atoms with Gasteiger partial charge in [0.15, 0.2) is 0 Å². The smallest absolute Gasteiger partial charge is 0.239 e. The maximum absolute atomic E-state index is 12.6. The van der Waals surface area contributed by atoms with Gasteiger partial charge in [0.2, 0.25) is 5.91 Å². The van der Waals surface area contributed by atoms with Crippen molar-refractivity contribution in [2.24, 2.45) is 5.92 Å². The quantitative estimate of drug-likeness (QED) is 0.797. The monoisotopic (exact) mass is 301 g/mol. The highest BCUT2D eigenvalue weighted by atomic mass is 35.5. The van der Waals surface area contributed by atoms with Gasteiger partial charge in [-0.2, -0.15) is 0 Å². The summed E-state index contributed by atoms with van der Waals surface area (Å²) in [4.78, 5) is 17.2. The molecule has 5 heteroatoms. The van der Waals surface area contributed by atoms with Crippen LogP contribution in [0.3, 0.4) is 0 Å². The Kier molecular flexibility index (Phi) is 5.70. The predicted octanol–water partition coefficient (Wildman–Crippen LogP) is 1.49. The van der Waals surface area contributed by atoms with Crippen LogP contribution in [-0.4, -0.2) is 61.0 Å². The summed E-state index contributed by atoms with van der Waals surface area (Å²) < 4.78 is 0. The Balaban J connectivity index is 0.00000147. The van der Waals surface area contributed by atoms with Gasteiger partial charge in [0, 0.05) is 19.1 Å². The van der Waals surface area contributed by atoms with Crippen molar-refractivity contribution in [3.05, 3.63) is 0 Å². The second kappa shape index (κ2) is 7.10. The Morgan fingerprint density at radius 2 is 1.95 bits per heavy atom. The summed E-state index contributed by atoms with van der Waals surface area (Å²) in [6.07, 6.45) is 7.21. The summed E-state index contributed by atoms with van der Waals surface area (Å²) in [5.74, 6) is 1.08. The van der Waals surface area contributed by atoms with E-state index < -0.39 is 0 Å². The Hall–Kier alpha value is -0.320.